The average molecular weight is 421 g/mol. The van der Waals surface area contributed by atoms with Crippen molar-refractivity contribution in [3.8, 4) is 0 Å². The second kappa shape index (κ2) is 8.36. The largest absolute Gasteiger partial charge is 0.312 e. The average Bonchev–Trinajstić information content (AvgIpc) is 3.29. The van der Waals surface area contributed by atoms with Gasteiger partial charge in [-0.1, -0.05) is 47.2 Å². The molecule has 2 amide bonds. The molecule has 2 aromatic carbocycles. The van der Waals surface area contributed by atoms with Crippen LogP contribution >= 0.6 is 11.3 Å². The number of hydrogen-bond donors (Lipinski definition) is 1. The number of anilines is 2. The summed E-state index contributed by atoms with van der Waals surface area (Å²) in [6, 6.07) is 14.0. The number of aryl methyl sites for hydroxylation is 3. The number of benzene rings is 2. The first kappa shape index (κ1) is 20.2. The third kappa shape index (κ3) is 4.57. The van der Waals surface area contributed by atoms with E-state index in [1.807, 2.05) is 62.1 Å². The monoisotopic (exact) mass is 420 g/mol. The second-order valence-corrected chi connectivity index (χ2v) is 8.92. The lowest BCUT2D eigenvalue weighted by Crippen LogP contribution is -2.24. The van der Waals surface area contributed by atoms with Crippen LogP contribution in [0.15, 0.2) is 42.5 Å². The fourth-order valence-corrected chi connectivity index (χ4v) is 4.58. The highest BCUT2D eigenvalue weighted by Gasteiger charge is 2.34. The van der Waals surface area contributed by atoms with E-state index in [1.54, 1.807) is 0 Å². The predicted octanol–water partition coefficient (Wildman–Crippen LogP) is 4.17. The highest BCUT2D eigenvalue weighted by atomic mass is 32.1. The van der Waals surface area contributed by atoms with Crippen molar-refractivity contribution in [3.05, 3.63) is 69.7 Å². The Hall–Kier alpha value is -3.06. The van der Waals surface area contributed by atoms with Crippen LogP contribution < -0.4 is 10.2 Å². The van der Waals surface area contributed by atoms with Crippen LogP contribution in [0.3, 0.4) is 0 Å². The molecule has 0 spiro atoms. The van der Waals surface area contributed by atoms with Crippen molar-refractivity contribution in [1.82, 2.24) is 10.2 Å². The van der Waals surface area contributed by atoms with Crippen molar-refractivity contribution in [3.63, 3.8) is 0 Å². The first-order chi connectivity index (χ1) is 14.4. The van der Waals surface area contributed by atoms with Crippen LogP contribution in [-0.4, -0.2) is 28.6 Å². The van der Waals surface area contributed by atoms with Gasteiger partial charge in [0.25, 0.3) is 0 Å². The number of nitrogens with zero attached hydrogens (tertiary/aromatic N) is 3. The summed E-state index contributed by atoms with van der Waals surface area (Å²) >= 11 is 1.34. The molecule has 1 aliphatic rings. The maximum absolute atomic E-state index is 12.6. The zero-order chi connectivity index (χ0) is 21.3. The molecule has 0 saturated carbocycles. The van der Waals surface area contributed by atoms with Crippen LogP contribution in [-0.2, 0) is 16.0 Å². The summed E-state index contributed by atoms with van der Waals surface area (Å²) in [4.78, 5) is 26.7. The molecule has 1 aromatic heterocycles. The Kier molecular flexibility index (Phi) is 5.63. The van der Waals surface area contributed by atoms with Gasteiger partial charge in [-0.3, -0.25) is 9.59 Å². The normalized spacial score (nSPS) is 16.2. The molecule has 1 N–H and O–H groups in total. The molecule has 154 valence electrons. The van der Waals surface area contributed by atoms with Gasteiger partial charge in [0, 0.05) is 24.6 Å². The van der Waals surface area contributed by atoms with E-state index in [9.17, 15) is 9.59 Å². The number of nitrogens with one attached hydrogen (secondary N) is 1. The molecule has 6 nitrogen and oxygen atoms in total. The second-order valence-electron chi connectivity index (χ2n) is 7.91. The van der Waals surface area contributed by atoms with Gasteiger partial charge in [0.05, 0.1) is 6.42 Å². The molecule has 30 heavy (non-hydrogen) atoms. The number of carbonyl (C=O) groups is 2. The summed E-state index contributed by atoms with van der Waals surface area (Å²) < 4.78 is 0. The summed E-state index contributed by atoms with van der Waals surface area (Å²) in [5, 5.41) is 12.4. The van der Waals surface area contributed by atoms with Gasteiger partial charge in [0.2, 0.25) is 16.9 Å². The fraction of sp³-hybridized carbons (Fsp3) is 0.304. The van der Waals surface area contributed by atoms with Gasteiger partial charge >= 0.3 is 0 Å². The van der Waals surface area contributed by atoms with Gasteiger partial charge < -0.3 is 10.2 Å². The Morgan fingerprint density at radius 3 is 2.47 bits per heavy atom. The quantitative estimate of drug-likeness (QED) is 0.672. The van der Waals surface area contributed by atoms with E-state index in [1.165, 1.54) is 11.3 Å². The van der Waals surface area contributed by atoms with Crippen LogP contribution in [0.4, 0.5) is 10.8 Å². The Morgan fingerprint density at radius 1 is 1.07 bits per heavy atom. The lowest BCUT2D eigenvalue weighted by Gasteiger charge is -2.17. The van der Waals surface area contributed by atoms with Crippen molar-refractivity contribution in [2.75, 3.05) is 16.8 Å². The van der Waals surface area contributed by atoms with Crippen molar-refractivity contribution >= 4 is 34.0 Å². The third-order valence-electron chi connectivity index (χ3n) is 5.16. The molecule has 2 heterocycles. The number of rotatable bonds is 5. The molecule has 0 bridgehead atoms. The number of hydrogen-bond acceptors (Lipinski definition) is 5. The lowest BCUT2D eigenvalue weighted by molar-refractivity contribution is -0.117. The summed E-state index contributed by atoms with van der Waals surface area (Å²) in [5.74, 6) is -0.0513. The zero-order valence-electron chi connectivity index (χ0n) is 17.3. The van der Waals surface area contributed by atoms with Gasteiger partial charge in [-0.15, -0.1) is 10.2 Å². The highest BCUT2D eigenvalue weighted by Crippen LogP contribution is 2.34. The molecule has 4 rings (SSSR count). The molecular formula is C23H24N4O2S. The summed E-state index contributed by atoms with van der Waals surface area (Å²) in [6.07, 6.45) is 0.691. The van der Waals surface area contributed by atoms with E-state index >= 15 is 0 Å². The van der Waals surface area contributed by atoms with Gasteiger partial charge in [0.15, 0.2) is 0 Å². The summed E-state index contributed by atoms with van der Waals surface area (Å²) in [5.41, 5.74) is 5.31. The van der Waals surface area contributed by atoms with Gasteiger partial charge in [-0.25, -0.2) is 0 Å². The maximum atomic E-state index is 12.6. The first-order valence-electron chi connectivity index (χ1n) is 9.95. The lowest BCUT2D eigenvalue weighted by atomic mass is 10.1. The molecule has 1 fully saturated rings. The van der Waals surface area contributed by atoms with E-state index in [0.29, 0.717) is 18.1 Å². The Labute approximate surface area is 180 Å². The summed E-state index contributed by atoms with van der Waals surface area (Å²) in [7, 11) is 0. The van der Waals surface area contributed by atoms with Crippen molar-refractivity contribution in [1.29, 1.82) is 0 Å². The van der Waals surface area contributed by atoms with Crippen LogP contribution in [0, 0.1) is 20.8 Å². The van der Waals surface area contributed by atoms with Crippen molar-refractivity contribution in [2.24, 2.45) is 0 Å². The van der Waals surface area contributed by atoms with Crippen LogP contribution in [0.2, 0.25) is 0 Å². The fourth-order valence-electron chi connectivity index (χ4n) is 3.73. The van der Waals surface area contributed by atoms with Crippen LogP contribution in [0.25, 0.3) is 0 Å². The van der Waals surface area contributed by atoms with E-state index in [2.05, 4.69) is 21.6 Å². The minimum Gasteiger partial charge on any atom is -0.312 e. The summed E-state index contributed by atoms with van der Waals surface area (Å²) in [6.45, 7) is 6.66. The third-order valence-corrected chi connectivity index (χ3v) is 6.17. The van der Waals surface area contributed by atoms with E-state index in [-0.39, 0.29) is 24.2 Å². The molecular weight excluding hydrogens is 396 g/mol. The minimum atomic E-state index is -0.124. The number of amides is 2. The molecule has 0 unspecified atom stereocenters. The van der Waals surface area contributed by atoms with E-state index in [0.717, 1.165) is 32.9 Å². The molecule has 1 atom stereocenters. The van der Waals surface area contributed by atoms with Crippen LogP contribution in [0.1, 0.15) is 39.6 Å². The van der Waals surface area contributed by atoms with Gasteiger partial charge in [0.1, 0.15) is 5.01 Å². The standard InChI is InChI=1S/C23H24N4O2S/c1-14-4-6-17(7-5-14)11-20(28)24-23-26-25-22(30-23)18-12-21(29)27(13-18)19-9-15(2)8-16(3)10-19/h4-10,18H,11-13H2,1-3H3,(H,24,26,28)/t18-/m0/s1. The Balaban J connectivity index is 1.40. The SMILES string of the molecule is Cc1ccc(CC(=O)Nc2nnc([C@H]3CC(=O)N(c4cc(C)cc(C)c4)C3)s2)cc1. The van der Waals surface area contributed by atoms with Gasteiger partial charge in [-0.05, 0) is 49.6 Å². The zero-order valence-corrected chi connectivity index (χ0v) is 18.1. The first-order valence-corrected chi connectivity index (χ1v) is 10.8. The van der Waals surface area contributed by atoms with E-state index < -0.39 is 0 Å². The van der Waals surface area contributed by atoms with E-state index in [4.69, 9.17) is 0 Å². The topological polar surface area (TPSA) is 75.2 Å². The Bertz CT molecular complexity index is 1070. The molecule has 1 saturated heterocycles. The predicted molar refractivity (Wildman–Crippen MR) is 119 cm³/mol. The molecule has 0 radical (unpaired) electrons. The molecule has 3 aromatic rings. The maximum Gasteiger partial charge on any atom is 0.230 e. The minimum absolute atomic E-state index is 0.0152. The van der Waals surface area contributed by atoms with Gasteiger partial charge in [-0.2, -0.15) is 0 Å². The molecule has 0 aliphatic carbocycles. The Morgan fingerprint density at radius 2 is 1.77 bits per heavy atom. The van der Waals surface area contributed by atoms with Crippen LogP contribution in [0.5, 0.6) is 0 Å². The number of aromatic nitrogens is 2. The smallest absolute Gasteiger partial charge is 0.230 e. The molecule has 1 aliphatic heterocycles. The number of carbonyl (C=O) groups excluding carboxylic acids is 2. The highest BCUT2D eigenvalue weighted by molar-refractivity contribution is 7.15. The van der Waals surface area contributed by atoms with Crippen molar-refractivity contribution < 1.29 is 9.59 Å². The van der Waals surface area contributed by atoms with Crippen molar-refractivity contribution in [2.45, 2.75) is 39.5 Å². The molecule has 7 heteroatoms.